The van der Waals surface area contributed by atoms with Crippen molar-refractivity contribution in [3.63, 3.8) is 0 Å². The summed E-state index contributed by atoms with van der Waals surface area (Å²) in [6, 6.07) is 7.02. The molecule has 1 aromatic carbocycles. The zero-order chi connectivity index (χ0) is 15.9. The number of ketones is 1. The summed E-state index contributed by atoms with van der Waals surface area (Å²) in [4.78, 5) is 35.0. The number of amides is 2. The Morgan fingerprint density at radius 3 is 2.36 bits per heavy atom. The highest BCUT2D eigenvalue weighted by Gasteiger charge is 2.23. The van der Waals surface area contributed by atoms with Gasteiger partial charge >= 0.3 is 0 Å². The molecule has 1 aliphatic rings. The molecule has 6 heteroatoms. The molecule has 22 heavy (non-hydrogen) atoms. The maximum atomic E-state index is 11.9. The van der Waals surface area contributed by atoms with E-state index in [0.717, 1.165) is 12.8 Å². The number of hydrogen-bond acceptors (Lipinski definition) is 4. The van der Waals surface area contributed by atoms with Crippen molar-refractivity contribution in [1.82, 2.24) is 10.6 Å². The number of carbonyl (C=O) groups is 3. The summed E-state index contributed by atoms with van der Waals surface area (Å²) in [6.07, 6.45) is 2.20. The summed E-state index contributed by atoms with van der Waals surface area (Å²) >= 11 is 0. The fourth-order valence-corrected chi connectivity index (χ4v) is 1.92. The van der Waals surface area contributed by atoms with Crippen LogP contribution in [0.4, 0.5) is 0 Å². The molecule has 1 aromatic rings. The Bertz CT molecular complexity index is 550. The molecule has 0 saturated heterocycles. The minimum atomic E-state index is -0.298. The molecule has 0 unspecified atom stereocenters. The van der Waals surface area contributed by atoms with Gasteiger partial charge in [0.25, 0.3) is 0 Å². The first-order chi connectivity index (χ1) is 10.6. The van der Waals surface area contributed by atoms with E-state index >= 15 is 0 Å². The lowest BCUT2D eigenvalue weighted by atomic mass is 10.1. The minimum absolute atomic E-state index is 0.0357. The first-order valence-electron chi connectivity index (χ1n) is 7.32. The molecule has 0 bridgehead atoms. The van der Waals surface area contributed by atoms with E-state index in [1.807, 2.05) is 0 Å². The number of Topliss-reactive ketones (excluding diaryl/α,β-unsaturated/α-hetero) is 1. The van der Waals surface area contributed by atoms with E-state index in [2.05, 4.69) is 10.6 Å². The van der Waals surface area contributed by atoms with Crippen molar-refractivity contribution in [1.29, 1.82) is 0 Å². The fraction of sp³-hybridized carbons (Fsp3) is 0.438. The van der Waals surface area contributed by atoms with E-state index in [-0.39, 0.29) is 43.0 Å². The van der Waals surface area contributed by atoms with Gasteiger partial charge in [-0.1, -0.05) is 0 Å². The second-order valence-electron chi connectivity index (χ2n) is 5.27. The number of carbonyl (C=O) groups excluding carboxylic acids is 3. The molecule has 0 heterocycles. The van der Waals surface area contributed by atoms with Crippen LogP contribution in [0.15, 0.2) is 24.3 Å². The average Bonchev–Trinajstić information content (AvgIpc) is 3.34. The Morgan fingerprint density at radius 1 is 1.09 bits per heavy atom. The molecule has 0 atom stereocenters. The third kappa shape index (κ3) is 5.20. The van der Waals surface area contributed by atoms with Gasteiger partial charge < -0.3 is 15.4 Å². The predicted molar refractivity (Wildman–Crippen MR) is 80.7 cm³/mol. The van der Waals surface area contributed by atoms with Gasteiger partial charge in [0.1, 0.15) is 5.75 Å². The molecule has 1 saturated carbocycles. The van der Waals surface area contributed by atoms with Crippen LogP contribution in [-0.4, -0.2) is 37.3 Å². The van der Waals surface area contributed by atoms with Crippen molar-refractivity contribution in [3.05, 3.63) is 29.8 Å². The van der Waals surface area contributed by atoms with Crippen LogP contribution in [0.3, 0.4) is 0 Å². The molecule has 2 amide bonds. The molecular formula is C16H20N2O4. The van der Waals surface area contributed by atoms with Crippen LogP contribution in [0.1, 0.15) is 36.0 Å². The first kappa shape index (κ1) is 16.0. The normalized spacial score (nSPS) is 13.3. The van der Waals surface area contributed by atoms with Crippen LogP contribution in [0.5, 0.6) is 5.75 Å². The third-order valence-electron chi connectivity index (χ3n) is 3.38. The Labute approximate surface area is 129 Å². The Morgan fingerprint density at radius 2 is 1.77 bits per heavy atom. The van der Waals surface area contributed by atoms with Gasteiger partial charge in [-0.2, -0.15) is 0 Å². The van der Waals surface area contributed by atoms with Crippen molar-refractivity contribution in [3.8, 4) is 5.75 Å². The molecule has 1 fully saturated rings. The summed E-state index contributed by atoms with van der Waals surface area (Å²) < 4.78 is 5.02. The maximum absolute atomic E-state index is 11.9. The standard InChI is InChI=1S/C16H20N2O4/c1-22-13-6-2-11(3-7-13)14(19)8-9-15(20)17-10-16(21)18-12-4-5-12/h2-3,6-7,12H,4-5,8-10H2,1H3,(H,17,20)(H,18,21). The summed E-state index contributed by atoms with van der Waals surface area (Å²) in [6.45, 7) is -0.0357. The van der Waals surface area contributed by atoms with Gasteiger partial charge in [-0.05, 0) is 37.1 Å². The van der Waals surface area contributed by atoms with Crippen molar-refractivity contribution in [2.75, 3.05) is 13.7 Å². The summed E-state index contributed by atoms with van der Waals surface area (Å²) in [7, 11) is 1.56. The number of hydrogen-bond donors (Lipinski definition) is 2. The van der Waals surface area contributed by atoms with Crippen LogP contribution in [-0.2, 0) is 9.59 Å². The van der Waals surface area contributed by atoms with Crippen LogP contribution in [0, 0.1) is 0 Å². The van der Waals surface area contributed by atoms with Crippen LogP contribution in [0.25, 0.3) is 0 Å². The number of methoxy groups -OCH3 is 1. The van der Waals surface area contributed by atoms with Crippen molar-refractivity contribution >= 4 is 17.6 Å². The van der Waals surface area contributed by atoms with Gasteiger partial charge in [-0.15, -0.1) is 0 Å². The van der Waals surface area contributed by atoms with E-state index < -0.39 is 0 Å². The Balaban J connectivity index is 1.67. The van der Waals surface area contributed by atoms with E-state index in [0.29, 0.717) is 11.3 Å². The fourth-order valence-electron chi connectivity index (χ4n) is 1.92. The quantitative estimate of drug-likeness (QED) is 0.703. The number of ether oxygens (including phenoxy) is 1. The lowest BCUT2D eigenvalue weighted by molar-refractivity contribution is -0.126. The average molecular weight is 304 g/mol. The van der Waals surface area contributed by atoms with Crippen LogP contribution in [0.2, 0.25) is 0 Å². The van der Waals surface area contributed by atoms with Gasteiger partial charge in [0, 0.05) is 24.4 Å². The molecule has 2 rings (SSSR count). The number of nitrogens with one attached hydrogen (secondary N) is 2. The SMILES string of the molecule is COc1ccc(C(=O)CCC(=O)NCC(=O)NC2CC2)cc1. The van der Waals surface area contributed by atoms with Gasteiger partial charge in [0.05, 0.1) is 13.7 Å². The topological polar surface area (TPSA) is 84.5 Å². The van der Waals surface area contributed by atoms with Gasteiger partial charge in [0.2, 0.25) is 11.8 Å². The number of benzene rings is 1. The third-order valence-corrected chi connectivity index (χ3v) is 3.38. The second-order valence-corrected chi connectivity index (χ2v) is 5.27. The van der Waals surface area contributed by atoms with Crippen LogP contribution < -0.4 is 15.4 Å². The van der Waals surface area contributed by atoms with Crippen molar-refractivity contribution < 1.29 is 19.1 Å². The van der Waals surface area contributed by atoms with Crippen molar-refractivity contribution in [2.24, 2.45) is 0 Å². The maximum Gasteiger partial charge on any atom is 0.239 e. The molecule has 0 aliphatic heterocycles. The largest absolute Gasteiger partial charge is 0.497 e. The predicted octanol–water partition coefficient (Wildman–Crippen LogP) is 1.05. The first-order valence-corrected chi connectivity index (χ1v) is 7.32. The molecule has 2 N–H and O–H groups in total. The monoisotopic (exact) mass is 304 g/mol. The molecular weight excluding hydrogens is 284 g/mol. The van der Waals surface area contributed by atoms with E-state index in [1.165, 1.54) is 0 Å². The molecule has 6 nitrogen and oxygen atoms in total. The van der Waals surface area contributed by atoms with Gasteiger partial charge in [-0.3, -0.25) is 14.4 Å². The molecule has 118 valence electrons. The lowest BCUT2D eigenvalue weighted by Gasteiger charge is -2.06. The highest BCUT2D eigenvalue weighted by atomic mass is 16.5. The van der Waals surface area contributed by atoms with E-state index in [4.69, 9.17) is 4.74 Å². The smallest absolute Gasteiger partial charge is 0.239 e. The molecule has 0 spiro atoms. The lowest BCUT2D eigenvalue weighted by Crippen LogP contribution is -2.37. The molecule has 1 aliphatic carbocycles. The number of rotatable bonds is 8. The highest BCUT2D eigenvalue weighted by molar-refractivity contribution is 5.98. The van der Waals surface area contributed by atoms with E-state index in [9.17, 15) is 14.4 Å². The second kappa shape index (κ2) is 7.59. The van der Waals surface area contributed by atoms with Crippen LogP contribution >= 0.6 is 0 Å². The summed E-state index contributed by atoms with van der Waals surface area (Å²) in [5.41, 5.74) is 0.542. The van der Waals surface area contributed by atoms with E-state index in [1.54, 1.807) is 31.4 Å². The highest BCUT2D eigenvalue weighted by Crippen LogP contribution is 2.18. The summed E-state index contributed by atoms with van der Waals surface area (Å²) in [5, 5.41) is 5.30. The zero-order valence-electron chi connectivity index (χ0n) is 12.6. The molecule has 0 radical (unpaired) electrons. The van der Waals surface area contributed by atoms with Gasteiger partial charge in [0.15, 0.2) is 5.78 Å². The molecule has 0 aromatic heterocycles. The summed E-state index contributed by atoms with van der Waals surface area (Å²) in [5.74, 6) is 0.0846. The van der Waals surface area contributed by atoms with Gasteiger partial charge in [-0.25, -0.2) is 0 Å². The van der Waals surface area contributed by atoms with Crippen molar-refractivity contribution in [2.45, 2.75) is 31.7 Å². The zero-order valence-corrected chi connectivity index (χ0v) is 12.6. The Hall–Kier alpha value is -2.37. The minimum Gasteiger partial charge on any atom is -0.497 e. The Kier molecular flexibility index (Phi) is 5.52.